The Balaban J connectivity index is 1.48. The molecule has 2 aliphatic carbocycles. The van der Waals surface area contributed by atoms with Gasteiger partial charge in [0.25, 0.3) is 0 Å². The molecular formula is C16H21N3O3. The third-order valence-corrected chi connectivity index (χ3v) is 4.49. The number of nitrogens with zero attached hydrogens (tertiary/aromatic N) is 1. The second kappa shape index (κ2) is 6.34. The molecule has 0 radical (unpaired) electrons. The number of hydrogen-bond donors (Lipinski definition) is 3. The third-order valence-electron chi connectivity index (χ3n) is 4.49. The van der Waals surface area contributed by atoms with Crippen LogP contribution in [0.4, 0.5) is 10.6 Å². The topological polar surface area (TPSA) is 91.3 Å². The molecule has 0 bridgehead atoms. The second-order valence-electron chi connectivity index (χ2n) is 6.23. The number of rotatable bonds is 4. The summed E-state index contributed by atoms with van der Waals surface area (Å²) in [5, 5.41) is 14.6. The smallest absolute Gasteiger partial charge is 0.320 e. The average molecular weight is 303 g/mol. The first-order chi connectivity index (χ1) is 10.6. The van der Waals surface area contributed by atoms with Crippen molar-refractivity contribution in [3.8, 4) is 0 Å². The number of anilines is 1. The summed E-state index contributed by atoms with van der Waals surface area (Å²) >= 11 is 0. The van der Waals surface area contributed by atoms with E-state index in [0.717, 1.165) is 0 Å². The van der Waals surface area contributed by atoms with E-state index in [1.54, 1.807) is 6.20 Å². The van der Waals surface area contributed by atoms with Gasteiger partial charge in [0.1, 0.15) is 5.82 Å². The monoisotopic (exact) mass is 303 g/mol. The maximum absolute atomic E-state index is 12.0. The van der Waals surface area contributed by atoms with E-state index in [1.807, 2.05) is 12.1 Å². The van der Waals surface area contributed by atoms with Crippen LogP contribution in [-0.4, -0.2) is 28.1 Å². The van der Waals surface area contributed by atoms with E-state index >= 15 is 0 Å². The van der Waals surface area contributed by atoms with Crippen molar-refractivity contribution in [1.29, 1.82) is 0 Å². The minimum atomic E-state index is -0.732. The standard InChI is InChI=1S/C16H21N3O3/c20-15(21)11-3-5-13(6-4-11)18-16(22)19-14-9-12(7-8-17-14)10-1-2-10/h7-11,13H,1-6H2,(H,20,21)(H2,17,18,19,22). The van der Waals surface area contributed by atoms with Crippen molar-refractivity contribution >= 4 is 17.8 Å². The fourth-order valence-electron chi connectivity index (χ4n) is 3.01. The molecule has 2 saturated carbocycles. The molecule has 2 fully saturated rings. The zero-order valence-electron chi connectivity index (χ0n) is 12.4. The molecule has 118 valence electrons. The van der Waals surface area contributed by atoms with Crippen molar-refractivity contribution < 1.29 is 14.7 Å². The summed E-state index contributed by atoms with van der Waals surface area (Å²) in [6.07, 6.45) is 6.80. The maximum Gasteiger partial charge on any atom is 0.320 e. The van der Waals surface area contributed by atoms with E-state index in [9.17, 15) is 9.59 Å². The summed E-state index contributed by atoms with van der Waals surface area (Å²) < 4.78 is 0. The van der Waals surface area contributed by atoms with Crippen LogP contribution in [0.2, 0.25) is 0 Å². The molecule has 0 aliphatic heterocycles. The molecule has 0 saturated heterocycles. The van der Waals surface area contributed by atoms with Gasteiger partial charge >= 0.3 is 12.0 Å². The first-order valence-corrected chi connectivity index (χ1v) is 7.88. The molecule has 0 spiro atoms. The van der Waals surface area contributed by atoms with Crippen LogP contribution in [0.25, 0.3) is 0 Å². The minimum absolute atomic E-state index is 0.0437. The lowest BCUT2D eigenvalue weighted by Crippen LogP contribution is -2.41. The normalized spacial score (nSPS) is 24.5. The van der Waals surface area contributed by atoms with E-state index in [0.29, 0.717) is 37.4 Å². The summed E-state index contributed by atoms with van der Waals surface area (Å²) in [7, 11) is 0. The second-order valence-corrected chi connectivity index (χ2v) is 6.23. The van der Waals surface area contributed by atoms with Crippen LogP contribution in [0.5, 0.6) is 0 Å². The van der Waals surface area contributed by atoms with Crippen LogP contribution in [0.15, 0.2) is 18.3 Å². The molecule has 0 aromatic carbocycles. The summed E-state index contributed by atoms with van der Waals surface area (Å²) in [6, 6.07) is 3.70. The van der Waals surface area contributed by atoms with Crippen LogP contribution >= 0.6 is 0 Å². The fraction of sp³-hybridized carbons (Fsp3) is 0.562. The molecule has 6 heteroatoms. The van der Waals surface area contributed by atoms with Crippen molar-refractivity contribution in [2.24, 2.45) is 5.92 Å². The lowest BCUT2D eigenvalue weighted by molar-refractivity contribution is -0.142. The van der Waals surface area contributed by atoms with Crippen molar-refractivity contribution in [3.05, 3.63) is 23.9 Å². The molecule has 1 heterocycles. The molecule has 2 amide bonds. The summed E-state index contributed by atoms with van der Waals surface area (Å²) in [5.41, 5.74) is 1.23. The molecule has 1 aromatic rings. The number of pyridine rings is 1. The molecule has 3 N–H and O–H groups in total. The predicted octanol–water partition coefficient (Wildman–Crippen LogP) is 2.72. The van der Waals surface area contributed by atoms with Crippen LogP contribution in [0.1, 0.15) is 50.0 Å². The fourth-order valence-corrected chi connectivity index (χ4v) is 3.01. The minimum Gasteiger partial charge on any atom is -0.481 e. The van der Waals surface area contributed by atoms with Crippen LogP contribution in [0.3, 0.4) is 0 Å². The zero-order chi connectivity index (χ0) is 15.5. The number of urea groups is 1. The van der Waals surface area contributed by atoms with Crippen molar-refractivity contribution in [3.63, 3.8) is 0 Å². The molecule has 3 rings (SSSR count). The van der Waals surface area contributed by atoms with Gasteiger partial charge in [0.05, 0.1) is 5.92 Å². The number of carboxylic acids is 1. The van der Waals surface area contributed by atoms with Gasteiger partial charge in [-0.2, -0.15) is 0 Å². The van der Waals surface area contributed by atoms with Gasteiger partial charge in [0, 0.05) is 12.2 Å². The van der Waals surface area contributed by atoms with Crippen LogP contribution in [-0.2, 0) is 4.79 Å². The van der Waals surface area contributed by atoms with Gasteiger partial charge in [-0.05, 0) is 62.1 Å². The van der Waals surface area contributed by atoms with Gasteiger partial charge in [-0.3, -0.25) is 10.1 Å². The van der Waals surface area contributed by atoms with Crippen LogP contribution in [0, 0.1) is 5.92 Å². The Bertz CT molecular complexity index is 564. The average Bonchev–Trinajstić information content (AvgIpc) is 3.32. The van der Waals surface area contributed by atoms with E-state index in [-0.39, 0.29) is 18.0 Å². The van der Waals surface area contributed by atoms with E-state index < -0.39 is 5.97 Å². The highest BCUT2D eigenvalue weighted by Gasteiger charge is 2.27. The first-order valence-electron chi connectivity index (χ1n) is 7.88. The molecule has 0 atom stereocenters. The quantitative estimate of drug-likeness (QED) is 0.797. The molecule has 22 heavy (non-hydrogen) atoms. The van der Waals surface area contributed by atoms with Gasteiger partial charge in [0.2, 0.25) is 0 Å². The zero-order valence-corrected chi connectivity index (χ0v) is 12.4. The van der Waals surface area contributed by atoms with Crippen molar-refractivity contribution in [2.45, 2.75) is 50.5 Å². The number of nitrogens with one attached hydrogen (secondary N) is 2. The Morgan fingerprint density at radius 2 is 1.86 bits per heavy atom. The van der Waals surface area contributed by atoms with Gasteiger partial charge in [-0.15, -0.1) is 0 Å². The van der Waals surface area contributed by atoms with E-state index in [1.165, 1.54) is 18.4 Å². The predicted molar refractivity (Wildman–Crippen MR) is 81.7 cm³/mol. The Labute approximate surface area is 129 Å². The summed E-state index contributed by atoms with van der Waals surface area (Å²) in [6.45, 7) is 0. The van der Waals surface area contributed by atoms with Gasteiger partial charge < -0.3 is 10.4 Å². The highest BCUT2D eigenvalue weighted by atomic mass is 16.4. The summed E-state index contributed by atoms with van der Waals surface area (Å²) in [4.78, 5) is 27.1. The highest BCUT2D eigenvalue weighted by molar-refractivity contribution is 5.88. The molecule has 6 nitrogen and oxygen atoms in total. The molecule has 0 unspecified atom stereocenters. The Morgan fingerprint density at radius 1 is 1.14 bits per heavy atom. The number of carbonyl (C=O) groups is 2. The number of aromatic nitrogens is 1. The highest BCUT2D eigenvalue weighted by Crippen LogP contribution is 2.40. The molecule has 2 aliphatic rings. The largest absolute Gasteiger partial charge is 0.481 e. The van der Waals surface area contributed by atoms with Crippen LogP contribution < -0.4 is 10.6 Å². The van der Waals surface area contributed by atoms with Gasteiger partial charge in [0.15, 0.2) is 0 Å². The Hall–Kier alpha value is -2.11. The SMILES string of the molecule is O=C(Nc1cc(C2CC2)ccn1)NC1CCC(C(=O)O)CC1. The number of amides is 2. The third kappa shape index (κ3) is 3.75. The van der Waals surface area contributed by atoms with Crippen molar-refractivity contribution in [1.82, 2.24) is 10.3 Å². The van der Waals surface area contributed by atoms with Gasteiger partial charge in [-0.1, -0.05) is 0 Å². The van der Waals surface area contributed by atoms with Gasteiger partial charge in [-0.25, -0.2) is 9.78 Å². The Morgan fingerprint density at radius 3 is 2.50 bits per heavy atom. The van der Waals surface area contributed by atoms with E-state index in [2.05, 4.69) is 15.6 Å². The van der Waals surface area contributed by atoms with Crippen molar-refractivity contribution in [2.75, 3.05) is 5.32 Å². The molecular weight excluding hydrogens is 282 g/mol. The number of carboxylic acid groups (broad SMARTS) is 1. The maximum atomic E-state index is 12.0. The number of aliphatic carboxylic acids is 1. The first kappa shape index (κ1) is 14.8. The number of hydrogen-bond acceptors (Lipinski definition) is 3. The lowest BCUT2D eigenvalue weighted by Gasteiger charge is -2.26. The molecule has 1 aromatic heterocycles. The summed E-state index contributed by atoms with van der Waals surface area (Å²) in [5.74, 6) is 0.195. The lowest BCUT2D eigenvalue weighted by atomic mass is 9.86. The van der Waals surface area contributed by atoms with E-state index in [4.69, 9.17) is 5.11 Å². The Kier molecular flexibility index (Phi) is 4.27. The number of carbonyl (C=O) groups excluding carboxylic acids is 1.